The zero-order chi connectivity index (χ0) is 19.8. The summed E-state index contributed by atoms with van der Waals surface area (Å²) in [6.07, 6.45) is -1.89. The number of carbonyl (C=O) groups is 2. The molecule has 0 aliphatic rings. The molecule has 0 aromatic carbocycles. The Balaban J connectivity index is 2.20. The number of carboxylic acids is 1. The monoisotopic (exact) mass is 396 g/mol. The molecule has 11 heteroatoms. The van der Waals surface area contributed by atoms with Crippen LogP contribution in [0.1, 0.15) is 15.2 Å². The number of nitrogens with two attached hydrogens (primary N) is 1. The minimum atomic E-state index is -4.73. The Morgan fingerprint density at radius 2 is 2.07 bits per heavy atom. The van der Waals surface area contributed by atoms with Crippen LogP contribution in [-0.2, 0) is 11.0 Å². The summed E-state index contributed by atoms with van der Waals surface area (Å²) in [5.41, 5.74) is 4.76. The van der Waals surface area contributed by atoms with E-state index in [0.29, 0.717) is 16.9 Å². The van der Waals surface area contributed by atoms with Gasteiger partial charge in [0.2, 0.25) is 0 Å². The van der Waals surface area contributed by atoms with Gasteiger partial charge >= 0.3 is 12.1 Å². The Kier molecular flexibility index (Phi) is 4.70. The predicted octanol–water partition coefficient (Wildman–Crippen LogP) is 2.77. The third-order valence-corrected chi connectivity index (χ3v) is 4.67. The van der Waals surface area contributed by atoms with Gasteiger partial charge in [0, 0.05) is 23.3 Å². The highest BCUT2D eigenvalue weighted by molar-refractivity contribution is 7.21. The van der Waals surface area contributed by atoms with Crippen molar-refractivity contribution in [1.29, 1.82) is 0 Å². The van der Waals surface area contributed by atoms with Crippen LogP contribution in [0.4, 0.5) is 18.9 Å². The SMILES string of the molecule is Nc1c(C(=O)NCC(=O)O)sc2nc(-c3cccnc3)cc(C(F)(F)F)c12. The van der Waals surface area contributed by atoms with Gasteiger partial charge in [-0.15, -0.1) is 11.3 Å². The second-order valence-corrected chi connectivity index (χ2v) is 6.40. The third-order valence-electron chi connectivity index (χ3n) is 3.57. The van der Waals surface area contributed by atoms with Crippen molar-refractivity contribution in [2.75, 3.05) is 12.3 Å². The predicted molar refractivity (Wildman–Crippen MR) is 92.2 cm³/mol. The lowest BCUT2D eigenvalue weighted by atomic mass is 10.1. The fourth-order valence-electron chi connectivity index (χ4n) is 2.41. The van der Waals surface area contributed by atoms with E-state index in [9.17, 15) is 22.8 Å². The van der Waals surface area contributed by atoms with Gasteiger partial charge in [0.1, 0.15) is 16.3 Å². The number of thiophene rings is 1. The summed E-state index contributed by atoms with van der Waals surface area (Å²) >= 11 is 0.661. The van der Waals surface area contributed by atoms with Crippen LogP contribution in [0.2, 0.25) is 0 Å². The smallest absolute Gasteiger partial charge is 0.417 e. The number of amides is 1. The Labute approximate surface area is 153 Å². The number of aromatic nitrogens is 2. The number of carbonyl (C=O) groups excluding carboxylic acids is 1. The zero-order valence-electron chi connectivity index (χ0n) is 13.4. The second kappa shape index (κ2) is 6.83. The summed E-state index contributed by atoms with van der Waals surface area (Å²) in [5, 5.41) is 10.3. The highest BCUT2D eigenvalue weighted by atomic mass is 32.1. The molecule has 0 atom stereocenters. The van der Waals surface area contributed by atoms with Crippen molar-refractivity contribution < 1.29 is 27.9 Å². The summed E-state index contributed by atoms with van der Waals surface area (Å²) in [6, 6.07) is 3.96. The summed E-state index contributed by atoms with van der Waals surface area (Å²) < 4.78 is 40.8. The molecule has 27 heavy (non-hydrogen) atoms. The molecule has 0 aliphatic heterocycles. The first kappa shape index (κ1) is 18.6. The normalized spacial score (nSPS) is 11.5. The van der Waals surface area contributed by atoms with Crippen LogP contribution in [0, 0.1) is 0 Å². The molecule has 0 aliphatic carbocycles. The van der Waals surface area contributed by atoms with Crippen molar-refractivity contribution in [2.45, 2.75) is 6.18 Å². The minimum Gasteiger partial charge on any atom is -0.480 e. The number of anilines is 1. The number of halogens is 3. The summed E-state index contributed by atoms with van der Waals surface area (Å²) in [4.78, 5) is 30.4. The molecule has 0 spiro atoms. The number of aliphatic carboxylic acids is 1. The quantitative estimate of drug-likeness (QED) is 0.624. The maximum Gasteiger partial charge on any atom is 0.417 e. The molecule has 0 saturated heterocycles. The van der Waals surface area contributed by atoms with Gasteiger partial charge in [0.25, 0.3) is 5.91 Å². The average Bonchev–Trinajstić information content (AvgIpc) is 2.95. The number of nitrogens with zero attached hydrogens (tertiary/aromatic N) is 2. The first-order chi connectivity index (χ1) is 12.7. The number of hydrogen-bond acceptors (Lipinski definition) is 6. The standard InChI is InChI=1S/C16H11F3N4O3S/c17-16(18,19)8-4-9(7-2-1-3-21-5-7)23-15-11(8)12(20)13(27-15)14(26)22-6-10(24)25/h1-5H,6,20H2,(H,22,26)(H,24,25). The zero-order valence-corrected chi connectivity index (χ0v) is 14.2. The van der Waals surface area contributed by atoms with Crippen LogP contribution in [0.15, 0.2) is 30.6 Å². The number of pyridine rings is 2. The number of nitrogens with one attached hydrogen (secondary N) is 1. The van der Waals surface area contributed by atoms with E-state index >= 15 is 0 Å². The largest absolute Gasteiger partial charge is 0.480 e. The number of alkyl halides is 3. The highest BCUT2D eigenvalue weighted by Gasteiger charge is 2.36. The molecule has 7 nitrogen and oxygen atoms in total. The van der Waals surface area contributed by atoms with E-state index in [4.69, 9.17) is 10.8 Å². The van der Waals surface area contributed by atoms with Gasteiger partial charge in [-0.25, -0.2) is 4.98 Å². The highest BCUT2D eigenvalue weighted by Crippen LogP contribution is 2.43. The lowest BCUT2D eigenvalue weighted by molar-refractivity contribution is -0.136. The molecule has 3 aromatic heterocycles. The Morgan fingerprint density at radius 1 is 1.33 bits per heavy atom. The maximum atomic E-state index is 13.6. The van der Waals surface area contributed by atoms with Gasteiger partial charge in [-0.1, -0.05) is 0 Å². The van der Waals surface area contributed by atoms with E-state index in [-0.39, 0.29) is 20.8 Å². The second-order valence-electron chi connectivity index (χ2n) is 5.40. The van der Waals surface area contributed by atoms with E-state index in [1.54, 1.807) is 12.1 Å². The molecule has 0 saturated carbocycles. The Morgan fingerprint density at radius 3 is 2.67 bits per heavy atom. The molecule has 0 radical (unpaired) electrons. The molecule has 3 heterocycles. The van der Waals surface area contributed by atoms with Crippen molar-refractivity contribution in [2.24, 2.45) is 0 Å². The first-order valence-electron chi connectivity index (χ1n) is 7.39. The number of carboxylic acid groups (broad SMARTS) is 1. The Hall–Kier alpha value is -3.21. The van der Waals surface area contributed by atoms with Crippen molar-refractivity contribution in [3.05, 3.63) is 41.0 Å². The average molecular weight is 396 g/mol. The number of rotatable bonds is 4. The summed E-state index contributed by atoms with van der Waals surface area (Å²) in [7, 11) is 0. The molecular weight excluding hydrogens is 385 g/mol. The van der Waals surface area contributed by atoms with E-state index in [1.807, 2.05) is 0 Å². The number of fused-ring (bicyclic) bond motifs is 1. The van der Waals surface area contributed by atoms with Crippen LogP contribution in [0.5, 0.6) is 0 Å². The molecule has 140 valence electrons. The van der Waals surface area contributed by atoms with Crippen molar-refractivity contribution in [3.63, 3.8) is 0 Å². The lowest BCUT2D eigenvalue weighted by Crippen LogP contribution is -2.29. The summed E-state index contributed by atoms with van der Waals surface area (Å²) in [6.45, 7) is -0.687. The fraction of sp³-hybridized carbons (Fsp3) is 0.125. The van der Waals surface area contributed by atoms with Crippen LogP contribution in [0.25, 0.3) is 21.5 Å². The van der Waals surface area contributed by atoms with Gasteiger partial charge < -0.3 is 16.2 Å². The third kappa shape index (κ3) is 3.67. The fourth-order valence-corrected chi connectivity index (χ4v) is 3.45. The van der Waals surface area contributed by atoms with E-state index in [0.717, 1.165) is 6.07 Å². The van der Waals surface area contributed by atoms with Crippen molar-refractivity contribution >= 4 is 39.1 Å². The van der Waals surface area contributed by atoms with Crippen LogP contribution in [0.3, 0.4) is 0 Å². The molecule has 4 N–H and O–H groups in total. The number of nitrogen functional groups attached to an aromatic ring is 1. The van der Waals surface area contributed by atoms with E-state index in [1.165, 1.54) is 12.4 Å². The van der Waals surface area contributed by atoms with Crippen molar-refractivity contribution in [3.8, 4) is 11.3 Å². The van der Waals surface area contributed by atoms with Gasteiger partial charge in [0.15, 0.2) is 0 Å². The van der Waals surface area contributed by atoms with Crippen LogP contribution in [-0.4, -0.2) is 33.5 Å². The van der Waals surface area contributed by atoms with E-state index in [2.05, 4.69) is 15.3 Å². The molecule has 0 fully saturated rings. The molecule has 3 aromatic rings. The molecule has 0 bridgehead atoms. The molecule has 3 rings (SSSR count). The van der Waals surface area contributed by atoms with E-state index < -0.39 is 35.8 Å². The topological polar surface area (TPSA) is 118 Å². The Bertz CT molecular complexity index is 1030. The minimum absolute atomic E-state index is 0.0293. The van der Waals surface area contributed by atoms with Crippen molar-refractivity contribution in [1.82, 2.24) is 15.3 Å². The first-order valence-corrected chi connectivity index (χ1v) is 8.20. The van der Waals surface area contributed by atoms with Gasteiger partial charge in [0.05, 0.1) is 16.9 Å². The van der Waals surface area contributed by atoms with Gasteiger partial charge in [-0.3, -0.25) is 14.6 Å². The van der Waals surface area contributed by atoms with Crippen LogP contribution < -0.4 is 11.1 Å². The number of hydrogen-bond donors (Lipinski definition) is 3. The van der Waals surface area contributed by atoms with Crippen LogP contribution >= 0.6 is 11.3 Å². The maximum absolute atomic E-state index is 13.6. The molecule has 1 amide bonds. The molecular formula is C16H11F3N4O3S. The summed E-state index contributed by atoms with van der Waals surface area (Å²) in [5.74, 6) is -2.18. The van der Waals surface area contributed by atoms with Gasteiger partial charge in [-0.2, -0.15) is 13.2 Å². The van der Waals surface area contributed by atoms with Gasteiger partial charge in [-0.05, 0) is 18.2 Å². The lowest BCUT2D eigenvalue weighted by Gasteiger charge is -2.11. The molecule has 0 unspecified atom stereocenters.